The molecule has 7 nitrogen and oxygen atoms in total. The first kappa shape index (κ1) is 21.6. The van der Waals surface area contributed by atoms with Crippen molar-refractivity contribution in [2.45, 2.75) is 27.3 Å². The van der Waals surface area contributed by atoms with Gasteiger partial charge in [0.1, 0.15) is 11.5 Å². The van der Waals surface area contributed by atoms with Crippen molar-refractivity contribution < 1.29 is 18.9 Å². The van der Waals surface area contributed by atoms with Gasteiger partial charge in [-0.05, 0) is 61.9 Å². The number of thioether (sulfide) groups is 1. The number of imide groups is 1. The average Bonchev–Trinajstić information content (AvgIpc) is 3.31. The van der Waals surface area contributed by atoms with E-state index in [2.05, 4.69) is 0 Å². The largest absolute Gasteiger partial charge is 0.457 e. The summed E-state index contributed by atoms with van der Waals surface area (Å²) in [6, 6.07) is 14.3. The summed E-state index contributed by atoms with van der Waals surface area (Å²) in [4.78, 5) is 37.5. The SMILES string of the molecule is Cc1ccc(CN2C(=O)S/C(=C\c3ccc(-c4cc(C)c(C)c([N+](=O)[O-])c4)o3)C2=O)cc1. The van der Waals surface area contributed by atoms with E-state index < -0.39 is 4.92 Å². The van der Waals surface area contributed by atoms with E-state index in [1.165, 1.54) is 17.0 Å². The molecule has 0 radical (unpaired) electrons. The standard InChI is InChI=1S/C24H20N2O5S/c1-14-4-6-17(7-5-14)13-25-23(27)22(32-24(25)28)12-19-8-9-21(31-19)18-10-15(2)16(3)20(11-18)26(29)30/h4-12H,13H2,1-3H3/b22-12-. The third-order valence-electron chi connectivity index (χ3n) is 5.36. The van der Waals surface area contributed by atoms with Gasteiger partial charge in [-0.1, -0.05) is 29.8 Å². The second-order valence-electron chi connectivity index (χ2n) is 7.65. The Morgan fingerprint density at radius 3 is 2.47 bits per heavy atom. The predicted molar refractivity (Wildman–Crippen MR) is 123 cm³/mol. The van der Waals surface area contributed by atoms with Crippen LogP contribution in [0.5, 0.6) is 0 Å². The van der Waals surface area contributed by atoms with Gasteiger partial charge in [0.25, 0.3) is 16.8 Å². The Morgan fingerprint density at radius 2 is 1.78 bits per heavy atom. The van der Waals surface area contributed by atoms with Crippen molar-refractivity contribution in [3.63, 3.8) is 0 Å². The first-order valence-corrected chi connectivity index (χ1v) is 10.7. The molecule has 0 atom stereocenters. The number of carbonyl (C=O) groups excluding carboxylic acids is 2. The summed E-state index contributed by atoms with van der Waals surface area (Å²) in [5.41, 5.74) is 3.96. The fraction of sp³-hybridized carbons (Fsp3) is 0.167. The van der Waals surface area contributed by atoms with Crippen molar-refractivity contribution in [3.8, 4) is 11.3 Å². The molecule has 2 aromatic carbocycles. The van der Waals surface area contributed by atoms with Gasteiger partial charge < -0.3 is 4.42 Å². The van der Waals surface area contributed by atoms with Gasteiger partial charge in [0.05, 0.1) is 16.4 Å². The molecule has 4 rings (SSSR count). The van der Waals surface area contributed by atoms with Gasteiger partial charge >= 0.3 is 0 Å². The zero-order valence-corrected chi connectivity index (χ0v) is 18.6. The van der Waals surface area contributed by atoms with E-state index in [-0.39, 0.29) is 28.3 Å². The molecule has 8 heteroatoms. The molecule has 1 fully saturated rings. The number of carbonyl (C=O) groups is 2. The monoisotopic (exact) mass is 448 g/mol. The van der Waals surface area contributed by atoms with E-state index >= 15 is 0 Å². The lowest BCUT2D eigenvalue weighted by Crippen LogP contribution is -2.27. The Morgan fingerprint density at radius 1 is 1.06 bits per heavy atom. The number of amides is 2. The molecule has 0 spiro atoms. The van der Waals surface area contributed by atoms with Crippen LogP contribution in [0, 0.1) is 30.9 Å². The molecular weight excluding hydrogens is 428 g/mol. The van der Waals surface area contributed by atoms with E-state index in [0.29, 0.717) is 22.6 Å². The maximum atomic E-state index is 12.8. The molecule has 162 valence electrons. The summed E-state index contributed by atoms with van der Waals surface area (Å²) in [5.74, 6) is 0.461. The Balaban J connectivity index is 1.57. The molecule has 2 amide bonds. The highest BCUT2D eigenvalue weighted by molar-refractivity contribution is 8.18. The number of nitro benzene ring substituents is 1. The Bertz CT molecular complexity index is 1270. The smallest absolute Gasteiger partial charge is 0.293 e. The van der Waals surface area contributed by atoms with Crippen molar-refractivity contribution >= 4 is 34.7 Å². The van der Waals surface area contributed by atoms with Crippen LogP contribution in [0.3, 0.4) is 0 Å². The van der Waals surface area contributed by atoms with E-state index in [4.69, 9.17) is 4.42 Å². The lowest BCUT2D eigenvalue weighted by atomic mass is 10.0. The van der Waals surface area contributed by atoms with Crippen molar-refractivity contribution in [1.29, 1.82) is 0 Å². The van der Waals surface area contributed by atoms with Crippen LogP contribution in [-0.4, -0.2) is 21.0 Å². The van der Waals surface area contributed by atoms with Gasteiger partial charge in [-0.3, -0.25) is 24.6 Å². The number of nitrogens with zero attached hydrogens (tertiary/aromatic N) is 2. The number of benzene rings is 2. The maximum absolute atomic E-state index is 12.8. The summed E-state index contributed by atoms with van der Waals surface area (Å²) in [7, 11) is 0. The molecule has 1 aromatic heterocycles. The van der Waals surface area contributed by atoms with Crippen LogP contribution in [0.4, 0.5) is 10.5 Å². The summed E-state index contributed by atoms with van der Waals surface area (Å²) in [6.07, 6.45) is 1.53. The lowest BCUT2D eigenvalue weighted by molar-refractivity contribution is -0.385. The maximum Gasteiger partial charge on any atom is 0.293 e. The summed E-state index contributed by atoms with van der Waals surface area (Å²) < 4.78 is 5.82. The second kappa shape index (κ2) is 8.47. The Hall–Kier alpha value is -3.65. The van der Waals surface area contributed by atoms with Gasteiger partial charge in [0.15, 0.2) is 0 Å². The minimum atomic E-state index is -0.417. The molecule has 1 saturated heterocycles. The molecule has 0 unspecified atom stereocenters. The second-order valence-corrected chi connectivity index (χ2v) is 8.64. The number of furan rings is 1. The molecule has 32 heavy (non-hydrogen) atoms. The molecule has 0 N–H and O–H groups in total. The predicted octanol–water partition coefficient (Wildman–Crippen LogP) is 6.02. The zero-order chi connectivity index (χ0) is 23.0. The minimum Gasteiger partial charge on any atom is -0.457 e. The van der Waals surface area contributed by atoms with Crippen molar-refractivity contribution in [3.05, 3.63) is 91.6 Å². The van der Waals surface area contributed by atoms with Crippen molar-refractivity contribution in [1.82, 2.24) is 4.90 Å². The van der Waals surface area contributed by atoms with E-state index in [1.807, 2.05) is 37.3 Å². The fourth-order valence-corrected chi connectivity index (χ4v) is 4.22. The Labute approximate surface area is 188 Å². The fourth-order valence-electron chi connectivity index (χ4n) is 3.40. The highest BCUT2D eigenvalue weighted by Gasteiger charge is 2.35. The number of aryl methyl sites for hydroxylation is 2. The third kappa shape index (κ3) is 4.22. The molecule has 1 aliphatic rings. The van der Waals surface area contributed by atoms with Crippen LogP contribution in [0.25, 0.3) is 17.4 Å². The van der Waals surface area contributed by atoms with Crippen LogP contribution < -0.4 is 0 Å². The highest BCUT2D eigenvalue weighted by atomic mass is 32.2. The zero-order valence-electron chi connectivity index (χ0n) is 17.7. The summed E-state index contributed by atoms with van der Waals surface area (Å²) in [5, 5.41) is 11.0. The van der Waals surface area contributed by atoms with Gasteiger partial charge in [-0.2, -0.15) is 0 Å². The summed E-state index contributed by atoms with van der Waals surface area (Å²) >= 11 is 0.864. The summed E-state index contributed by atoms with van der Waals surface area (Å²) in [6.45, 7) is 5.69. The van der Waals surface area contributed by atoms with Crippen LogP contribution in [0.2, 0.25) is 0 Å². The van der Waals surface area contributed by atoms with E-state index in [9.17, 15) is 19.7 Å². The van der Waals surface area contributed by atoms with Crippen LogP contribution >= 0.6 is 11.8 Å². The molecular formula is C24H20N2O5S. The normalized spacial score (nSPS) is 15.1. The third-order valence-corrected chi connectivity index (χ3v) is 6.26. The van der Waals surface area contributed by atoms with E-state index in [0.717, 1.165) is 28.5 Å². The van der Waals surface area contributed by atoms with Crippen molar-refractivity contribution in [2.75, 3.05) is 0 Å². The molecule has 2 heterocycles. The number of rotatable bonds is 5. The quantitative estimate of drug-likeness (QED) is 0.269. The van der Waals surface area contributed by atoms with Crippen LogP contribution in [0.15, 0.2) is 57.9 Å². The topological polar surface area (TPSA) is 93.7 Å². The number of hydrogen-bond acceptors (Lipinski definition) is 6. The molecule has 0 saturated carbocycles. The average molecular weight is 449 g/mol. The van der Waals surface area contributed by atoms with Crippen molar-refractivity contribution in [2.24, 2.45) is 0 Å². The van der Waals surface area contributed by atoms with Gasteiger partial charge in [0, 0.05) is 23.3 Å². The Kier molecular flexibility index (Phi) is 5.71. The number of hydrogen-bond donors (Lipinski definition) is 0. The van der Waals surface area contributed by atoms with Gasteiger partial charge in [-0.25, -0.2) is 0 Å². The van der Waals surface area contributed by atoms with Crippen LogP contribution in [-0.2, 0) is 11.3 Å². The molecule has 0 bridgehead atoms. The van der Waals surface area contributed by atoms with Gasteiger partial charge in [0.2, 0.25) is 0 Å². The molecule has 1 aliphatic heterocycles. The minimum absolute atomic E-state index is 0.0233. The van der Waals surface area contributed by atoms with E-state index in [1.54, 1.807) is 26.0 Å². The first-order chi connectivity index (χ1) is 15.2. The first-order valence-electron chi connectivity index (χ1n) is 9.89. The lowest BCUT2D eigenvalue weighted by Gasteiger charge is -2.12. The van der Waals surface area contributed by atoms with Crippen LogP contribution in [0.1, 0.15) is 28.0 Å². The molecule has 3 aromatic rings. The molecule has 0 aliphatic carbocycles. The van der Waals surface area contributed by atoms with Gasteiger partial charge in [-0.15, -0.1) is 0 Å². The highest BCUT2D eigenvalue weighted by Crippen LogP contribution is 2.35. The number of nitro groups is 1.